The Morgan fingerprint density at radius 1 is 0.458 bits per heavy atom. The summed E-state index contributed by atoms with van der Waals surface area (Å²) in [7, 11) is 0. The number of amides is 2. The number of para-hydroxylation sites is 2. The lowest BCUT2D eigenvalue weighted by molar-refractivity contribution is -0.118. The summed E-state index contributed by atoms with van der Waals surface area (Å²) in [5.74, 6) is 2.01. The van der Waals surface area contributed by atoms with Gasteiger partial charge in [0.05, 0.1) is 22.1 Å². The van der Waals surface area contributed by atoms with Crippen LogP contribution in [0.2, 0.25) is 0 Å². The average molecular weight is 673 g/mol. The van der Waals surface area contributed by atoms with Crippen LogP contribution in [-0.4, -0.2) is 33.3 Å². The third kappa shape index (κ3) is 7.61. The Morgan fingerprint density at radius 3 is 1.35 bits per heavy atom. The molecule has 244 valence electrons. The summed E-state index contributed by atoms with van der Waals surface area (Å²) in [6.45, 7) is 0. The number of carbonyl (C=O) groups is 2. The number of nitrogens with zero attached hydrogens (tertiary/aromatic N) is 2. The molecule has 2 aromatic heterocycles. The van der Waals surface area contributed by atoms with E-state index in [4.69, 9.17) is 9.97 Å². The normalized spacial score (nSPS) is 16.4. The van der Waals surface area contributed by atoms with Crippen LogP contribution in [-0.2, 0) is 9.59 Å². The molecule has 6 nitrogen and oxygen atoms in total. The number of hydrogen-bond acceptors (Lipinski definition) is 6. The van der Waals surface area contributed by atoms with Crippen LogP contribution in [0.5, 0.6) is 0 Å². The highest BCUT2D eigenvalue weighted by atomic mass is 32.2. The van der Waals surface area contributed by atoms with Crippen LogP contribution in [0.3, 0.4) is 0 Å². The third-order valence-corrected chi connectivity index (χ3v) is 11.4. The lowest BCUT2D eigenvalue weighted by Gasteiger charge is -2.13. The van der Waals surface area contributed by atoms with Crippen molar-refractivity contribution in [2.45, 2.75) is 74.0 Å². The average Bonchev–Trinajstić information content (AvgIpc) is 3.10. The minimum absolute atomic E-state index is 0.0431. The van der Waals surface area contributed by atoms with Crippen molar-refractivity contribution >= 4 is 90.3 Å². The van der Waals surface area contributed by atoms with Crippen molar-refractivity contribution in [2.75, 3.05) is 22.1 Å². The molecule has 4 aromatic carbocycles. The van der Waals surface area contributed by atoms with E-state index in [1.807, 2.05) is 59.9 Å². The van der Waals surface area contributed by atoms with Gasteiger partial charge in [0.2, 0.25) is 11.8 Å². The van der Waals surface area contributed by atoms with E-state index >= 15 is 0 Å². The summed E-state index contributed by atoms with van der Waals surface area (Å²) in [4.78, 5) is 38.2. The van der Waals surface area contributed by atoms with Gasteiger partial charge in [-0.2, -0.15) is 0 Å². The molecular formula is C40H40N4O2S2. The third-order valence-electron chi connectivity index (χ3n) is 8.92. The van der Waals surface area contributed by atoms with Crippen molar-refractivity contribution in [3.05, 3.63) is 84.9 Å². The molecule has 1 aliphatic heterocycles. The standard InChI is InChI=1S/C40H40N4O2S2/c45-37-17-9-10-18-38(46)42-28-20-22-36-32(26-28)40(30-14-6-8-16-34(30)44-36)48-24-12-4-2-1-3-11-23-47-39-29-13-5-7-15-33(29)43-35-21-19-27(41-37)25-31(35)39/h5-8,13-16,19-22,25-26H,1-4,9-12,17-18,23-24H2,(H,41,45)(H,42,46). The number of benzene rings is 4. The van der Waals surface area contributed by atoms with Gasteiger partial charge in [0.15, 0.2) is 0 Å². The van der Waals surface area contributed by atoms with Crippen LogP contribution in [0.25, 0.3) is 43.6 Å². The molecular weight excluding hydrogens is 633 g/mol. The summed E-state index contributed by atoms with van der Waals surface area (Å²) >= 11 is 3.81. The summed E-state index contributed by atoms with van der Waals surface area (Å²) < 4.78 is 0. The molecule has 4 bridgehead atoms. The summed E-state index contributed by atoms with van der Waals surface area (Å²) in [6, 6.07) is 28.7. The van der Waals surface area contributed by atoms with Gasteiger partial charge in [-0.05, 0) is 85.7 Å². The van der Waals surface area contributed by atoms with E-state index in [9.17, 15) is 9.59 Å². The molecule has 3 heterocycles. The Kier molecular flexibility index (Phi) is 10.4. The van der Waals surface area contributed by atoms with Crippen molar-refractivity contribution in [3.63, 3.8) is 0 Å². The first-order valence-electron chi connectivity index (χ1n) is 17.1. The van der Waals surface area contributed by atoms with Gasteiger partial charge < -0.3 is 10.6 Å². The summed E-state index contributed by atoms with van der Waals surface area (Å²) in [5, 5.41) is 10.7. The second-order valence-electron chi connectivity index (χ2n) is 12.5. The van der Waals surface area contributed by atoms with Crippen molar-refractivity contribution < 1.29 is 9.59 Å². The molecule has 0 atom stereocenters. The number of fused-ring (bicyclic) bond motifs is 6. The minimum Gasteiger partial charge on any atom is -0.326 e. The maximum absolute atomic E-state index is 12.9. The second-order valence-corrected chi connectivity index (χ2v) is 14.7. The molecule has 0 radical (unpaired) electrons. The van der Waals surface area contributed by atoms with Gasteiger partial charge in [-0.1, -0.05) is 62.1 Å². The predicted molar refractivity (Wildman–Crippen MR) is 203 cm³/mol. The Morgan fingerprint density at radius 2 is 0.875 bits per heavy atom. The molecule has 0 unspecified atom stereocenters. The van der Waals surface area contributed by atoms with E-state index in [1.54, 1.807) is 0 Å². The van der Waals surface area contributed by atoms with Crippen molar-refractivity contribution in [3.8, 4) is 0 Å². The molecule has 0 aliphatic carbocycles. The SMILES string of the molecule is O=C1CCCCC(=O)Nc2ccc3nc4ccccc4c(c3c2)SCCCCCCCCSc2c3ccccc3nc3ccc(cc23)N1. The molecule has 0 spiro atoms. The van der Waals surface area contributed by atoms with Crippen molar-refractivity contribution in [1.82, 2.24) is 9.97 Å². The molecule has 0 saturated heterocycles. The largest absolute Gasteiger partial charge is 0.326 e. The van der Waals surface area contributed by atoms with Gasteiger partial charge >= 0.3 is 0 Å². The van der Waals surface area contributed by atoms with E-state index in [0.717, 1.165) is 66.5 Å². The van der Waals surface area contributed by atoms with Gasteiger partial charge in [-0.25, -0.2) is 9.97 Å². The zero-order valence-electron chi connectivity index (χ0n) is 27.1. The molecule has 0 fully saturated rings. The van der Waals surface area contributed by atoms with E-state index in [1.165, 1.54) is 48.3 Å². The van der Waals surface area contributed by atoms with E-state index in [2.05, 4.69) is 59.2 Å². The number of thioether (sulfide) groups is 2. The molecule has 0 saturated carbocycles. The zero-order chi connectivity index (χ0) is 32.7. The lowest BCUT2D eigenvalue weighted by Crippen LogP contribution is -2.13. The first kappa shape index (κ1) is 32.4. The number of hydrogen-bond donors (Lipinski definition) is 2. The van der Waals surface area contributed by atoms with Crippen LogP contribution in [0, 0.1) is 0 Å². The Balaban J connectivity index is 1.10. The van der Waals surface area contributed by atoms with Gasteiger partial charge in [0.1, 0.15) is 0 Å². The quantitative estimate of drug-likeness (QED) is 0.156. The van der Waals surface area contributed by atoms with Crippen LogP contribution >= 0.6 is 23.5 Å². The highest BCUT2D eigenvalue weighted by Gasteiger charge is 2.14. The molecule has 2 N–H and O–H groups in total. The maximum Gasteiger partial charge on any atom is 0.224 e. The second kappa shape index (κ2) is 15.4. The fourth-order valence-electron chi connectivity index (χ4n) is 6.45. The smallest absolute Gasteiger partial charge is 0.224 e. The van der Waals surface area contributed by atoms with Crippen LogP contribution in [0.1, 0.15) is 64.2 Å². The molecule has 2 amide bonds. The van der Waals surface area contributed by atoms with Gasteiger partial charge in [-0.3, -0.25) is 9.59 Å². The lowest BCUT2D eigenvalue weighted by atomic mass is 10.1. The van der Waals surface area contributed by atoms with Crippen molar-refractivity contribution in [1.29, 1.82) is 0 Å². The highest BCUT2D eigenvalue weighted by molar-refractivity contribution is 8.00. The minimum atomic E-state index is -0.0431. The Labute approximate surface area is 289 Å². The first-order valence-corrected chi connectivity index (χ1v) is 19.1. The fraction of sp³-hybridized carbons (Fsp3) is 0.300. The number of anilines is 2. The molecule has 8 heteroatoms. The first-order chi connectivity index (χ1) is 23.6. The number of nitrogens with one attached hydrogen (secondary N) is 2. The number of pyridine rings is 2. The van der Waals surface area contributed by atoms with E-state index in [0.29, 0.717) is 25.7 Å². The van der Waals surface area contributed by atoms with Crippen LogP contribution in [0.15, 0.2) is 94.7 Å². The number of carbonyl (C=O) groups excluding carboxylic acids is 2. The fourth-order valence-corrected chi connectivity index (χ4v) is 8.85. The number of aromatic nitrogens is 2. The van der Waals surface area contributed by atoms with Crippen LogP contribution in [0.4, 0.5) is 11.4 Å². The van der Waals surface area contributed by atoms with E-state index < -0.39 is 0 Å². The van der Waals surface area contributed by atoms with Gasteiger partial charge in [0, 0.05) is 55.6 Å². The van der Waals surface area contributed by atoms with Gasteiger partial charge in [0.25, 0.3) is 0 Å². The van der Waals surface area contributed by atoms with E-state index in [-0.39, 0.29) is 11.8 Å². The van der Waals surface area contributed by atoms with Crippen molar-refractivity contribution in [2.24, 2.45) is 0 Å². The summed E-state index contributed by atoms with van der Waals surface area (Å²) in [6.07, 6.45) is 9.24. The number of rotatable bonds is 0. The predicted octanol–water partition coefficient (Wildman–Crippen LogP) is 10.8. The molecule has 48 heavy (non-hydrogen) atoms. The highest BCUT2D eigenvalue weighted by Crippen LogP contribution is 2.37. The van der Waals surface area contributed by atoms with Crippen LogP contribution < -0.4 is 10.6 Å². The maximum atomic E-state index is 12.9. The zero-order valence-corrected chi connectivity index (χ0v) is 28.7. The molecule has 1 aliphatic rings. The Hall–Kier alpha value is -4.14. The molecule has 6 aromatic rings. The monoisotopic (exact) mass is 672 g/mol. The summed E-state index contributed by atoms with van der Waals surface area (Å²) in [5.41, 5.74) is 5.44. The topological polar surface area (TPSA) is 84.0 Å². The Bertz CT molecular complexity index is 1960. The molecule has 7 rings (SSSR count). The van der Waals surface area contributed by atoms with Gasteiger partial charge in [-0.15, -0.1) is 23.5 Å².